The number of rotatable bonds is 10. The first kappa shape index (κ1) is 21.9. The Labute approximate surface area is 179 Å². The fourth-order valence-corrected chi connectivity index (χ4v) is 4.03. The first-order chi connectivity index (χ1) is 14.7. The molecule has 0 aliphatic heterocycles. The second-order valence-electron chi connectivity index (χ2n) is 6.24. The number of fused-ring (bicyclic) bond motifs is 1. The van der Waals surface area contributed by atoms with Crippen LogP contribution in [0, 0.1) is 0 Å². The number of aromatic nitrogens is 1. The number of carbonyl (C=O) groups is 1. The highest BCUT2D eigenvalue weighted by molar-refractivity contribution is 7.16. The van der Waals surface area contributed by atoms with Crippen LogP contribution in [0.5, 0.6) is 17.2 Å². The van der Waals surface area contributed by atoms with Crippen molar-refractivity contribution in [3.05, 3.63) is 47.3 Å². The van der Waals surface area contributed by atoms with Crippen molar-refractivity contribution in [2.75, 3.05) is 33.5 Å². The number of thiazole rings is 1. The van der Waals surface area contributed by atoms with Gasteiger partial charge in [0.25, 0.3) is 5.91 Å². The minimum Gasteiger partial charge on any atom is -0.494 e. The third-order valence-electron chi connectivity index (χ3n) is 4.27. The topological polar surface area (TPSA) is 71.3 Å². The zero-order valence-corrected chi connectivity index (χ0v) is 18.2. The van der Waals surface area contributed by atoms with Gasteiger partial charge in [0.15, 0.2) is 22.9 Å². The summed E-state index contributed by atoms with van der Waals surface area (Å²) >= 11 is 1.44. The second-order valence-corrected chi connectivity index (χ2v) is 7.25. The van der Waals surface area contributed by atoms with Gasteiger partial charge in [0, 0.05) is 13.2 Å². The van der Waals surface area contributed by atoms with Crippen LogP contribution >= 0.6 is 11.3 Å². The minimum atomic E-state index is -0.373. The molecule has 3 aromatic rings. The molecule has 0 saturated heterocycles. The fourth-order valence-electron chi connectivity index (χ4n) is 2.93. The molecule has 0 fully saturated rings. The Balaban J connectivity index is 1.86. The van der Waals surface area contributed by atoms with Crippen LogP contribution in [0.4, 0.5) is 0 Å². The third kappa shape index (κ3) is 5.40. The zero-order valence-electron chi connectivity index (χ0n) is 17.4. The van der Waals surface area contributed by atoms with E-state index in [4.69, 9.17) is 18.9 Å². The maximum atomic E-state index is 12.5. The number of para-hydroxylation sites is 2. The maximum absolute atomic E-state index is 12.5. The number of carbonyl (C=O) groups excluding carboxylic acids is 1. The fraction of sp³-hybridized carbons (Fsp3) is 0.364. The summed E-state index contributed by atoms with van der Waals surface area (Å²) in [6, 6.07) is 13.1. The highest BCUT2D eigenvalue weighted by atomic mass is 32.1. The SMILES string of the molecule is CCOCCn1c(=NC(=O)COc2ccccc2OC)sc2cc(OCC)ccc21. The van der Waals surface area contributed by atoms with Crippen LogP contribution in [0.3, 0.4) is 0 Å². The summed E-state index contributed by atoms with van der Waals surface area (Å²) in [6.07, 6.45) is 0. The van der Waals surface area contributed by atoms with Crippen molar-refractivity contribution in [2.24, 2.45) is 4.99 Å². The summed E-state index contributed by atoms with van der Waals surface area (Å²) in [5, 5.41) is 0. The number of benzene rings is 2. The van der Waals surface area contributed by atoms with E-state index in [0.29, 0.717) is 42.7 Å². The molecule has 30 heavy (non-hydrogen) atoms. The monoisotopic (exact) mass is 430 g/mol. The lowest BCUT2D eigenvalue weighted by Gasteiger charge is -2.08. The molecule has 0 unspecified atom stereocenters. The summed E-state index contributed by atoms with van der Waals surface area (Å²) in [4.78, 5) is 17.4. The van der Waals surface area contributed by atoms with Gasteiger partial charge in [-0.1, -0.05) is 23.5 Å². The van der Waals surface area contributed by atoms with E-state index < -0.39 is 0 Å². The van der Waals surface area contributed by atoms with Gasteiger partial charge in [-0.25, -0.2) is 0 Å². The van der Waals surface area contributed by atoms with Gasteiger partial charge in [-0.2, -0.15) is 4.99 Å². The molecule has 0 aliphatic carbocycles. The lowest BCUT2D eigenvalue weighted by molar-refractivity contribution is -0.120. The first-order valence-electron chi connectivity index (χ1n) is 9.83. The van der Waals surface area contributed by atoms with E-state index >= 15 is 0 Å². The Bertz CT molecular complexity index is 1060. The number of nitrogens with zero attached hydrogens (tertiary/aromatic N) is 2. The highest BCUT2D eigenvalue weighted by Gasteiger charge is 2.11. The number of methoxy groups -OCH3 is 1. The molecule has 0 N–H and O–H groups in total. The Kier molecular flexibility index (Phi) is 7.87. The molecular formula is C22H26N2O5S. The summed E-state index contributed by atoms with van der Waals surface area (Å²) in [7, 11) is 1.56. The minimum absolute atomic E-state index is 0.176. The van der Waals surface area contributed by atoms with E-state index in [1.807, 2.05) is 48.7 Å². The molecule has 2 aromatic carbocycles. The molecule has 160 valence electrons. The normalized spacial score (nSPS) is 11.6. The molecule has 1 amide bonds. The van der Waals surface area contributed by atoms with Crippen LogP contribution in [-0.4, -0.2) is 44.0 Å². The summed E-state index contributed by atoms with van der Waals surface area (Å²) < 4.78 is 24.9. The standard InChI is InChI=1S/C22H26N2O5S/c1-4-27-13-12-24-17-11-10-16(28-5-2)14-20(17)30-22(24)23-21(25)15-29-19-9-7-6-8-18(19)26-3/h6-11,14H,4-5,12-13,15H2,1-3H3. The van der Waals surface area contributed by atoms with Crippen LogP contribution < -0.4 is 19.0 Å². The van der Waals surface area contributed by atoms with Gasteiger partial charge >= 0.3 is 0 Å². The Morgan fingerprint density at radius 2 is 1.87 bits per heavy atom. The average Bonchev–Trinajstić information content (AvgIpc) is 3.09. The number of hydrogen-bond donors (Lipinski definition) is 0. The molecule has 0 bridgehead atoms. The van der Waals surface area contributed by atoms with Crippen molar-refractivity contribution >= 4 is 27.5 Å². The quantitative estimate of drug-likeness (QED) is 0.459. The lowest BCUT2D eigenvalue weighted by Crippen LogP contribution is -2.21. The van der Waals surface area contributed by atoms with E-state index in [9.17, 15) is 4.79 Å². The van der Waals surface area contributed by atoms with E-state index in [0.717, 1.165) is 16.0 Å². The van der Waals surface area contributed by atoms with Gasteiger partial charge in [-0.15, -0.1) is 0 Å². The van der Waals surface area contributed by atoms with Gasteiger partial charge in [-0.05, 0) is 44.2 Å². The van der Waals surface area contributed by atoms with E-state index in [-0.39, 0.29) is 12.5 Å². The van der Waals surface area contributed by atoms with Gasteiger partial charge in [0.05, 0.1) is 30.5 Å². The summed E-state index contributed by atoms with van der Waals surface area (Å²) in [5.41, 5.74) is 0.986. The van der Waals surface area contributed by atoms with Crippen molar-refractivity contribution in [3.8, 4) is 17.2 Å². The Morgan fingerprint density at radius 1 is 1.07 bits per heavy atom. The predicted molar refractivity (Wildman–Crippen MR) is 117 cm³/mol. The average molecular weight is 431 g/mol. The molecular weight excluding hydrogens is 404 g/mol. The van der Waals surface area contributed by atoms with Crippen LogP contribution in [0.1, 0.15) is 13.8 Å². The largest absolute Gasteiger partial charge is 0.494 e. The van der Waals surface area contributed by atoms with E-state index in [1.165, 1.54) is 11.3 Å². The first-order valence-corrected chi connectivity index (χ1v) is 10.6. The Hall–Kier alpha value is -2.84. The molecule has 0 radical (unpaired) electrons. The van der Waals surface area contributed by atoms with Crippen molar-refractivity contribution < 1.29 is 23.7 Å². The number of hydrogen-bond acceptors (Lipinski definition) is 6. The van der Waals surface area contributed by atoms with Crippen molar-refractivity contribution in [3.63, 3.8) is 0 Å². The van der Waals surface area contributed by atoms with E-state index in [1.54, 1.807) is 19.2 Å². The van der Waals surface area contributed by atoms with Crippen LogP contribution in [-0.2, 0) is 16.1 Å². The molecule has 1 aromatic heterocycles. The Morgan fingerprint density at radius 3 is 2.60 bits per heavy atom. The number of ether oxygens (including phenoxy) is 4. The van der Waals surface area contributed by atoms with Crippen molar-refractivity contribution in [1.29, 1.82) is 0 Å². The smallest absolute Gasteiger partial charge is 0.286 e. The molecule has 0 aliphatic rings. The van der Waals surface area contributed by atoms with Gasteiger partial charge in [-0.3, -0.25) is 4.79 Å². The zero-order chi connectivity index (χ0) is 21.3. The highest BCUT2D eigenvalue weighted by Crippen LogP contribution is 2.26. The van der Waals surface area contributed by atoms with Gasteiger partial charge < -0.3 is 23.5 Å². The predicted octanol–water partition coefficient (Wildman–Crippen LogP) is 3.65. The second kappa shape index (κ2) is 10.8. The molecule has 0 spiro atoms. The molecule has 0 saturated carbocycles. The van der Waals surface area contributed by atoms with Crippen molar-refractivity contribution in [2.45, 2.75) is 20.4 Å². The molecule has 0 atom stereocenters. The van der Waals surface area contributed by atoms with Gasteiger partial charge in [0.2, 0.25) is 0 Å². The summed E-state index contributed by atoms with van der Waals surface area (Å²) in [6.45, 7) is 6.09. The molecule has 8 heteroatoms. The van der Waals surface area contributed by atoms with Gasteiger partial charge in [0.1, 0.15) is 5.75 Å². The van der Waals surface area contributed by atoms with Crippen LogP contribution in [0.2, 0.25) is 0 Å². The maximum Gasteiger partial charge on any atom is 0.286 e. The molecule has 7 nitrogen and oxygen atoms in total. The lowest BCUT2D eigenvalue weighted by atomic mass is 10.3. The van der Waals surface area contributed by atoms with Crippen LogP contribution in [0.25, 0.3) is 10.2 Å². The van der Waals surface area contributed by atoms with Crippen LogP contribution in [0.15, 0.2) is 47.5 Å². The third-order valence-corrected chi connectivity index (χ3v) is 5.31. The van der Waals surface area contributed by atoms with E-state index in [2.05, 4.69) is 4.99 Å². The number of amides is 1. The van der Waals surface area contributed by atoms with Crippen molar-refractivity contribution in [1.82, 2.24) is 4.57 Å². The molecule has 3 rings (SSSR count). The summed E-state index contributed by atoms with van der Waals surface area (Å²) in [5.74, 6) is 1.50. The molecule has 1 heterocycles.